The topological polar surface area (TPSA) is 52.0 Å². The van der Waals surface area contributed by atoms with Crippen LogP contribution in [0, 0.1) is 6.92 Å². The number of carbonyl (C=O) groups excluding carboxylic acids is 1. The minimum Gasteiger partial charge on any atom is -0.298 e. The van der Waals surface area contributed by atoms with E-state index in [1.807, 2.05) is 36.4 Å². The lowest BCUT2D eigenvalue weighted by Gasteiger charge is -2.06. The summed E-state index contributed by atoms with van der Waals surface area (Å²) in [6.07, 6.45) is 0. The molecule has 21 heavy (non-hydrogen) atoms. The molecule has 2 aromatic heterocycles. The first-order chi connectivity index (χ1) is 10.1. The lowest BCUT2D eigenvalue weighted by atomic mass is 10.2. The second-order valence-electron chi connectivity index (χ2n) is 4.95. The fourth-order valence-corrected chi connectivity index (χ4v) is 3.34. The van der Waals surface area contributed by atoms with E-state index in [-0.39, 0.29) is 17.9 Å². The molecule has 0 aliphatic carbocycles. The Morgan fingerprint density at radius 2 is 2.00 bits per heavy atom. The number of thiophene rings is 1. The van der Waals surface area contributed by atoms with Crippen LogP contribution in [-0.2, 0) is 11.3 Å². The summed E-state index contributed by atoms with van der Waals surface area (Å²) in [7, 11) is 0. The molecule has 0 spiro atoms. The van der Waals surface area contributed by atoms with Gasteiger partial charge in [-0.05, 0) is 25.5 Å². The van der Waals surface area contributed by atoms with Crippen molar-refractivity contribution in [3.8, 4) is 10.4 Å². The van der Waals surface area contributed by atoms with E-state index in [1.165, 1.54) is 22.8 Å². The Morgan fingerprint density at radius 1 is 1.29 bits per heavy atom. The maximum atomic E-state index is 12.5. The third kappa shape index (κ3) is 2.52. The van der Waals surface area contributed by atoms with E-state index in [2.05, 4.69) is 4.98 Å². The zero-order valence-corrected chi connectivity index (χ0v) is 12.6. The van der Waals surface area contributed by atoms with Crippen molar-refractivity contribution in [1.82, 2.24) is 9.55 Å². The molecule has 2 heterocycles. The molecule has 0 aliphatic rings. The molecule has 5 heteroatoms. The zero-order chi connectivity index (χ0) is 15.0. The molecule has 0 unspecified atom stereocenters. The average Bonchev–Trinajstić information content (AvgIpc) is 2.88. The first-order valence-corrected chi connectivity index (χ1v) is 7.44. The monoisotopic (exact) mass is 298 g/mol. The van der Waals surface area contributed by atoms with Crippen LogP contribution in [0.3, 0.4) is 0 Å². The SMILES string of the molecule is CC(=O)Cn1c(C)nc2sc(-c3ccccc3)cc2c1=O. The van der Waals surface area contributed by atoms with Gasteiger partial charge in [-0.1, -0.05) is 30.3 Å². The zero-order valence-electron chi connectivity index (χ0n) is 11.8. The molecular formula is C16H14N2O2S. The quantitative estimate of drug-likeness (QED) is 0.747. The number of hydrogen-bond donors (Lipinski definition) is 0. The van der Waals surface area contributed by atoms with Crippen LogP contribution >= 0.6 is 11.3 Å². The highest BCUT2D eigenvalue weighted by Crippen LogP contribution is 2.30. The molecule has 0 atom stereocenters. The van der Waals surface area contributed by atoms with Crippen LogP contribution in [0.4, 0.5) is 0 Å². The van der Waals surface area contributed by atoms with Crippen LogP contribution in [0.5, 0.6) is 0 Å². The van der Waals surface area contributed by atoms with Gasteiger partial charge in [0, 0.05) is 4.88 Å². The number of aryl methyl sites for hydroxylation is 1. The van der Waals surface area contributed by atoms with Crippen LogP contribution in [0.2, 0.25) is 0 Å². The molecule has 0 saturated carbocycles. The summed E-state index contributed by atoms with van der Waals surface area (Å²) in [6, 6.07) is 11.8. The highest BCUT2D eigenvalue weighted by Gasteiger charge is 2.13. The third-order valence-electron chi connectivity index (χ3n) is 3.28. The van der Waals surface area contributed by atoms with Gasteiger partial charge < -0.3 is 0 Å². The summed E-state index contributed by atoms with van der Waals surface area (Å²) >= 11 is 1.50. The Labute approximate surface area is 125 Å². The molecule has 0 saturated heterocycles. The molecule has 0 aliphatic heterocycles. The van der Waals surface area contributed by atoms with Crippen molar-refractivity contribution >= 4 is 27.3 Å². The standard InChI is InChI=1S/C16H14N2O2S/c1-10(19)9-18-11(2)17-15-13(16(18)20)8-14(21-15)12-6-4-3-5-7-12/h3-8H,9H2,1-2H3. The molecular weight excluding hydrogens is 284 g/mol. The van der Waals surface area contributed by atoms with Gasteiger partial charge in [-0.25, -0.2) is 4.98 Å². The summed E-state index contributed by atoms with van der Waals surface area (Å²) in [6.45, 7) is 3.30. The van der Waals surface area contributed by atoms with Gasteiger partial charge in [0.05, 0.1) is 11.9 Å². The normalized spacial score (nSPS) is 11.0. The Kier molecular flexibility index (Phi) is 3.43. The van der Waals surface area contributed by atoms with E-state index in [4.69, 9.17) is 0 Å². The van der Waals surface area contributed by atoms with Crippen LogP contribution in [0.15, 0.2) is 41.2 Å². The van der Waals surface area contributed by atoms with Crippen molar-refractivity contribution in [3.63, 3.8) is 0 Å². The van der Waals surface area contributed by atoms with Crippen molar-refractivity contribution in [3.05, 3.63) is 52.6 Å². The van der Waals surface area contributed by atoms with Gasteiger partial charge >= 0.3 is 0 Å². The lowest BCUT2D eigenvalue weighted by Crippen LogP contribution is -2.26. The average molecular weight is 298 g/mol. The van der Waals surface area contributed by atoms with Crippen molar-refractivity contribution in [2.75, 3.05) is 0 Å². The summed E-state index contributed by atoms with van der Waals surface area (Å²) in [5.41, 5.74) is 0.918. The van der Waals surface area contributed by atoms with Crippen molar-refractivity contribution < 1.29 is 4.79 Å². The van der Waals surface area contributed by atoms with Gasteiger partial charge in [0.1, 0.15) is 16.4 Å². The third-order valence-corrected chi connectivity index (χ3v) is 4.36. The number of nitrogens with zero attached hydrogens (tertiary/aromatic N) is 2. The predicted octanol–water partition coefficient (Wildman–Crippen LogP) is 3.02. The van der Waals surface area contributed by atoms with Crippen molar-refractivity contribution in [2.45, 2.75) is 20.4 Å². The highest BCUT2D eigenvalue weighted by atomic mass is 32.1. The second kappa shape index (κ2) is 5.26. The predicted molar refractivity (Wildman–Crippen MR) is 84.7 cm³/mol. The number of rotatable bonds is 3. The van der Waals surface area contributed by atoms with Crippen molar-refractivity contribution in [2.24, 2.45) is 0 Å². The molecule has 0 amide bonds. The van der Waals surface area contributed by atoms with E-state index < -0.39 is 0 Å². The largest absolute Gasteiger partial charge is 0.298 e. The number of ketones is 1. The van der Waals surface area contributed by atoms with Crippen LogP contribution in [-0.4, -0.2) is 15.3 Å². The van der Waals surface area contributed by atoms with E-state index >= 15 is 0 Å². The van der Waals surface area contributed by atoms with Gasteiger partial charge in [-0.2, -0.15) is 0 Å². The van der Waals surface area contributed by atoms with Gasteiger partial charge in [0.2, 0.25) is 0 Å². The molecule has 3 rings (SSSR count). The maximum Gasteiger partial charge on any atom is 0.262 e. The highest BCUT2D eigenvalue weighted by molar-refractivity contribution is 7.21. The molecule has 106 valence electrons. The number of fused-ring (bicyclic) bond motifs is 1. The molecule has 0 bridgehead atoms. The number of benzene rings is 1. The summed E-state index contributed by atoms with van der Waals surface area (Å²) < 4.78 is 1.44. The van der Waals surface area contributed by atoms with Crippen LogP contribution in [0.25, 0.3) is 20.7 Å². The fraction of sp³-hybridized carbons (Fsp3) is 0.188. The Bertz CT molecular complexity index is 878. The fourth-order valence-electron chi connectivity index (χ4n) is 2.27. The minimum absolute atomic E-state index is 0.0557. The molecule has 0 radical (unpaired) electrons. The van der Waals surface area contributed by atoms with E-state index in [1.54, 1.807) is 6.92 Å². The molecule has 4 nitrogen and oxygen atoms in total. The molecule has 3 aromatic rings. The van der Waals surface area contributed by atoms with Gasteiger partial charge in [-0.3, -0.25) is 14.2 Å². The molecule has 0 N–H and O–H groups in total. The smallest absolute Gasteiger partial charge is 0.262 e. The van der Waals surface area contributed by atoms with Gasteiger partial charge in [0.15, 0.2) is 0 Å². The van der Waals surface area contributed by atoms with E-state index in [0.717, 1.165) is 15.3 Å². The maximum absolute atomic E-state index is 12.5. The Morgan fingerprint density at radius 3 is 2.67 bits per heavy atom. The van der Waals surface area contributed by atoms with Gasteiger partial charge in [0.25, 0.3) is 5.56 Å². The summed E-state index contributed by atoms with van der Waals surface area (Å²) in [4.78, 5) is 30.0. The number of carbonyl (C=O) groups is 1. The van der Waals surface area contributed by atoms with E-state index in [9.17, 15) is 9.59 Å². The molecule has 1 aromatic carbocycles. The number of hydrogen-bond acceptors (Lipinski definition) is 4. The van der Waals surface area contributed by atoms with E-state index in [0.29, 0.717) is 11.2 Å². The Balaban J connectivity index is 2.21. The Hall–Kier alpha value is -2.27. The second-order valence-corrected chi connectivity index (χ2v) is 5.98. The first-order valence-electron chi connectivity index (χ1n) is 6.62. The first kappa shape index (κ1) is 13.7. The van der Waals surface area contributed by atoms with Crippen LogP contribution in [0.1, 0.15) is 12.7 Å². The molecule has 0 fully saturated rings. The van der Waals surface area contributed by atoms with Crippen molar-refractivity contribution in [1.29, 1.82) is 0 Å². The minimum atomic E-state index is -0.147. The number of aromatic nitrogens is 2. The number of Topliss-reactive ketones (excluding diaryl/α,β-unsaturated/α-hetero) is 1. The lowest BCUT2D eigenvalue weighted by molar-refractivity contribution is -0.117. The van der Waals surface area contributed by atoms with Crippen LogP contribution < -0.4 is 5.56 Å². The van der Waals surface area contributed by atoms with Gasteiger partial charge in [-0.15, -0.1) is 11.3 Å². The summed E-state index contributed by atoms with van der Waals surface area (Å²) in [5, 5.41) is 0.575. The summed E-state index contributed by atoms with van der Waals surface area (Å²) in [5.74, 6) is 0.518.